The highest BCUT2D eigenvalue weighted by molar-refractivity contribution is 7.89. The molecule has 9 heteroatoms. The van der Waals surface area contributed by atoms with E-state index in [2.05, 4.69) is 13.5 Å². The number of ether oxygens (including phenoxy) is 1. The van der Waals surface area contributed by atoms with Crippen LogP contribution in [-0.2, 0) is 26.1 Å². The summed E-state index contributed by atoms with van der Waals surface area (Å²) in [7, 11) is -2.59. The molecule has 0 amide bonds. The van der Waals surface area contributed by atoms with Gasteiger partial charge in [0.05, 0.1) is 25.3 Å². The predicted molar refractivity (Wildman–Crippen MR) is 98.1 cm³/mol. The summed E-state index contributed by atoms with van der Waals surface area (Å²) in [5, 5.41) is 0. The fourth-order valence-corrected chi connectivity index (χ4v) is 4.70. The molecule has 0 N–H and O–H groups in total. The largest absolute Gasteiger partial charge is 0.469 e. The number of rotatable bonds is 7. The lowest BCUT2D eigenvalue weighted by Gasteiger charge is -2.22. The van der Waals surface area contributed by atoms with E-state index >= 15 is 0 Å². The zero-order chi connectivity index (χ0) is 18.6. The third kappa shape index (κ3) is 3.90. The molecule has 7 nitrogen and oxygen atoms in total. The lowest BCUT2D eigenvalue weighted by Crippen LogP contribution is -2.33. The molecule has 0 fully saturated rings. The van der Waals surface area contributed by atoms with Crippen molar-refractivity contribution in [2.75, 3.05) is 13.7 Å². The summed E-state index contributed by atoms with van der Waals surface area (Å²) in [4.78, 5) is 11.6. The number of aromatic nitrogens is 2. The Morgan fingerprint density at radius 3 is 2.62 bits per heavy atom. The summed E-state index contributed by atoms with van der Waals surface area (Å²) in [6, 6.07) is 14.1. The molecular weight excluding hydrogens is 374 g/mol. The minimum absolute atomic E-state index is 0.0118. The van der Waals surface area contributed by atoms with Crippen molar-refractivity contribution in [2.45, 2.75) is 17.9 Å². The number of carbonyl (C=O) groups excluding carboxylic acids is 1. The standard InChI is InChI=1S/C17H17N3O4S2/c1-24-16(21)10-11-20(12-13-6-3-2-4-7-13)26(22,23)15-9-5-8-14-17(15)19-25-18-14/h2-9H,10-12H2,1H3. The van der Waals surface area contributed by atoms with Crippen LogP contribution in [0.2, 0.25) is 0 Å². The van der Waals surface area contributed by atoms with Gasteiger partial charge in [0.15, 0.2) is 0 Å². The number of nitrogens with zero attached hydrogens (tertiary/aromatic N) is 3. The second kappa shape index (κ2) is 7.90. The van der Waals surface area contributed by atoms with Crippen LogP contribution in [0.15, 0.2) is 53.4 Å². The van der Waals surface area contributed by atoms with E-state index in [9.17, 15) is 13.2 Å². The van der Waals surface area contributed by atoms with Crippen molar-refractivity contribution in [1.29, 1.82) is 0 Å². The van der Waals surface area contributed by atoms with Crippen LogP contribution in [0.25, 0.3) is 11.0 Å². The van der Waals surface area contributed by atoms with Gasteiger partial charge in [0.1, 0.15) is 15.9 Å². The molecule has 0 radical (unpaired) electrons. The first-order valence-corrected chi connectivity index (χ1v) is 10.0. The average molecular weight is 391 g/mol. The summed E-state index contributed by atoms with van der Waals surface area (Å²) in [6.07, 6.45) is -0.0339. The highest BCUT2D eigenvalue weighted by atomic mass is 32.2. The van der Waals surface area contributed by atoms with Crippen molar-refractivity contribution in [3.05, 3.63) is 54.1 Å². The van der Waals surface area contributed by atoms with Gasteiger partial charge in [0.25, 0.3) is 0 Å². The van der Waals surface area contributed by atoms with Gasteiger partial charge in [0, 0.05) is 13.1 Å². The summed E-state index contributed by atoms with van der Waals surface area (Å²) in [5.74, 6) is -0.466. The van der Waals surface area contributed by atoms with Crippen LogP contribution in [0.1, 0.15) is 12.0 Å². The smallest absolute Gasteiger partial charge is 0.306 e. The number of sulfonamides is 1. The van der Waals surface area contributed by atoms with E-state index in [1.807, 2.05) is 30.3 Å². The normalized spacial score (nSPS) is 11.8. The maximum Gasteiger partial charge on any atom is 0.306 e. The number of esters is 1. The molecule has 0 spiro atoms. The molecule has 0 aliphatic heterocycles. The monoisotopic (exact) mass is 391 g/mol. The van der Waals surface area contributed by atoms with Crippen LogP contribution >= 0.6 is 11.7 Å². The molecule has 3 aromatic rings. The summed E-state index contributed by atoms with van der Waals surface area (Å²) < 4.78 is 40.7. The fourth-order valence-electron chi connectivity index (χ4n) is 2.52. The Kier molecular flexibility index (Phi) is 5.60. The Bertz CT molecular complexity index is 1000. The number of carbonyl (C=O) groups is 1. The van der Waals surface area contributed by atoms with Crippen molar-refractivity contribution in [3.8, 4) is 0 Å². The van der Waals surface area contributed by atoms with E-state index in [0.717, 1.165) is 17.3 Å². The van der Waals surface area contributed by atoms with E-state index in [1.54, 1.807) is 12.1 Å². The molecule has 3 rings (SSSR count). The Labute approximate surface area is 155 Å². The topological polar surface area (TPSA) is 89.5 Å². The molecular formula is C17H17N3O4S2. The zero-order valence-electron chi connectivity index (χ0n) is 14.0. The molecule has 0 unspecified atom stereocenters. The van der Waals surface area contributed by atoms with E-state index in [4.69, 9.17) is 0 Å². The van der Waals surface area contributed by atoms with Crippen LogP contribution in [0.4, 0.5) is 0 Å². The molecule has 0 aliphatic rings. The second-order valence-electron chi connectivity index (χ2n) is 5.54. The van der Waals surface area contributed by atoms with E-state index in [1.165, 1.54) is 17.5 Å². The average Bonchev–Trinajstić information content (AvgIpc) is 3.14. The number of hydrogen-bond acceptors (Lipinski definition) is 7. The van der Waals surface area contributed by atoms with Crippen LogP contribution in [0.3, 0.4) is 0 Å². The van der Waals surface area contributed by atoms with Crippen molar-refractivity contribution >= 4 is 38.8 Å². The van der Waals surface area contributed by atoms with Crippen molar-refractivity contribution in [2.24, 2.45) is 0 Å². The highest BCUT2D eigenvalue weighted by Gasteiger charge is 2.28. The van der Waals surface area contributed by atoms with Gasteiger partial charge in [-0.05, 0) is 17.7 Å². The SMILES string of the molecule is COC(=O)CCN(Cc1ccccc1)S(=O)(=O)c1cccc2nsnc12. The quantitative estimate of drug-likeness (QED) is 0.575. The molecule has 0 atom stereocenters. The lowest BCUT2D eigenvalue weighted by atomic mass is 10.2. The van der Waals surface area contributed by atoms with Gasteiger partial charge < -0.3 is 4.74 Å². The second-order valence-corrected chi connectivity index (χ2v) is 7.97. The van der Waals surface area contributed by atoms with Crippen molar-refractivity contribution in [3.63, 3.8) is 0 Å². The number of benzene rings is 2. The number of methoxy groups -OCH3 is 1. The number of fused-ring (bicyclic) bond motifs is 1. The van der Waals surface area contributed by atoms with Crippen LogP contribution < -0.4 is 0 Å². The first-order chi connectivity index (χ1) is 12.5. The molecule has 26 heavy (non-hydrogen) atoms. The molecule has 2 aromatic carbocycles. The van der Waals surface area contributed by atoms with Gasteiger partial charge in [0.2, 0.25) is 10.0 Å². The Morgan fingerprint density at radius 2 is 1.88 bits per heavy atom. The van der Waals surface area contributed by atoms with Crippen LogP contribution in [-0.4, -0.2) is 41.1 Å². The summed E-state index contributed by atoms with van der Waals surface area (Å²) in [6.45, 7) is 0.159. The predicted octanol–water partition coefficient (Wildman–Crippen LogP) is 2.45. The summed E-state index contributed by atoms with van der Waals surface area (Å²) in [5.41, 5.74) is 1.70. The molecule has 0 saturated heterocycles. The Balaban J connectivity index is 1.98. The molecule has 1 aromatic heterocycles. The van der Waals surface area contributed by atoms with Crippen LogP contribution in [0, 0.1) is 0 Å². The van der Waals surface area contributed by atoms with E-state index in [0.29, 0.717) is 11.0 Å². The number of hydrogen-bond donors (Lipinski definition) is 0. The Hall–Kier alpha value is -2.36. The van der Waals surface area contributed by atoms with Crippen LogP contribution in [0.5, 0.6) is 0 Å². The van der Waals surface area contributed by atoms with E-state index < -0.39 is 16.0 Å². The third-order valence-electron chi connectivity index (χ3n) is 3.86. The zero-order valence-corrected chi connectivity index (χ0v) is 15.7. The highest BCUT2D eigenvalue weighted by Crippen LogP contribution is 2.25. The minimum Gasteiger partial charge on any atom is -0.469 e. The van der Waals surface area contributed by atoms with Gasteiger partial charge in [-0.25, -0.2) is 8.42 Å². The van der Waals surface area contributed by atoms with E-state index in [-0.39, 0.29) is 24.4 Å². The maximum absolute atomic E-state index is 13.3. The maximum atomic E-state index is 13.3. The van der Waals surface area contributed by atoms with Gasteiger partial charge >= 0.3 is 5.97 Å². The Morgan fingerprint density at radius 1 is 1.12 bits per heavy atom. The molecule has 0 saturated carbocycles. The van der Waals surface area contributed by atoms with Crippen molar-refractivity contribution < 1.29 is 17.9 Å². The van der Waals surface area contributed by atoms with Gasteiger partial charge in [-0.2, -0.15) is 13.1 Å². The third-order valence-corrected chi connectivity index (χ3v) is 6.28. The van der Waals surface area contributed by atoms with Crippen molar-refractivity contribution in [1.82, 2.24) is 13.1 Å². The first-order valence-electron chi connectivity index (χ1n) is 7.84. The molecule has 1 heterocycles. The lowest BCUT2D eigenvalue weighted by molar-refractivity contribution is -0.140. The van der Waals surface area contributed by atoms with Gasteiger partial charge in [-0.15, -0.1) is 0 Å². The molecule has 0 aliphatic carbocycles. The minimum atomic E-state index is -3.87. The molecule has 0 bridgehead atoms. The van der Waals surface area contributed by atoms with Gasteiger partial charge in [-0.1, -0.05) is 36.4 Å². The summed E-state index contributed by atoms with van der Waals surface area (Å²) >= 11 is 0.964. The first kappa shape index (κ1) is 18.4. The molecule has 136 valence electrons. The van der Waals surface area contributed by atoms with Gasteiger partial charge in [-0.3, -0.25) is 4.79 Å². The fraction of sp³-hybridized carbons (Fsp3) is 0.235.